The van der Waals surface area contributed by atoms with Crippen molar-refractivity contribution in [1.82, 2.24) is 5.32 Å². The summed E-state index contributed by atoms with van der Waals surface area (Å²) in [6.07, 6.45) is 4.89. The van der Waals surface area contributed by atoms with Crippen LogP contribution in [0.2, 0.25) is 0 Å². The number of nitrogens with two attached hydrogens (primary N) is 1. The summed E-state index contributed by atoms with van der Waals surface area (Å²) in [4.78, 5) is 12.2. The molecule has 2 rings (SSSR count). The molecule has 0 bridgehead atoms. The molecule has 1 fully saturated rings. The summed E-state index contributed by atoms with van der Waals surface area (Å²) >= 11 is 0. The number of benzene rings is 1. The molecule has 0 unspecified atom stereocenters. The van der Waals surface area contributed by atoms with E-state index in [0.29, 0.717) is 6.54 Å². The van der Waals surface area contributed by atoms with Gasteiger partial charge < -0.3 is 21.3 Å². The van der Waals surface area contributed by atoms with Crippen molar-refractivity contribution < 1.29 is 15.0 Å². The molecule has 0 heterocycles. The van der Waals surface area contributed by atoms with Crippen molar-refractivity contribution in [3.05, 3.63) is 23.8 Å². The van der Waals surface area contributed by atoms with Crippen LogP contribution in [0, 0.1) is 0 Å². The third-order valence-electron chi connectivity index (χ3n) is 3.83. The third-order valence-corrected chi connectivity index (χ3v) is 3.83. The largest absolute Gasteiger partial charge is 0.507 e. The maximum absolute atomic E-state index is 12.2. The first-order valence-electron chi connectivity index (χ1n) is 6.61. The molecular weight excluding hydrogens is 244 g/mol. The highest BCUT2D eigenvalue weighted by atomic mass is 16.3. The van der Waals surface area contributed by atoms with Crippen molar-refractivity contribution in [1.29, 1.82) is 0 Å². The highest BCUT2D eigenvalue weighted by molar-refractivity contribution is 5.99. The molecule has 0 radical (unpaired) electrons. The van der Waals surface area contributed by atoms with Crippen LogP contribution >= 0.6 is 0 Å². The van der Waals surface area contributed by atoms with Crippen LogP contribution in [0.4, 0.5) is 0 Å². The van der Waals surface area contributed by atoms with Crippen molar-refractivity contribution in [2.75, 3.05) is 6.54 Å². The average molecular weight is 264 g/mol. The van der Waals surface area contributed by atoms with Gasteiger partial charge in [0.2, 0.25) is 0 Å². The zero-order valence-corrected chi connectivity index (χ0v) is 10.9. The summed E-state index contributed by atoms with van der Waals surface area (Å²) in [6.45, 7) is 0.368. The van der Waals surface area contributed by atoms with Gasteiger partial charge in [-0.2, -0.15) is 0 Å². The predicted molar refractivity (Wildman–Crippen MR) is 72.1 cm³/mol. The molecule has 5 nitrogen and oxygen atoms in total. The van der Waals surface area contributed by atoms with Crippen LogP contribution in [0.3, 0.4) is 0 Å². The van der Waals surface area contributed by atoms with Gasteiger partial charge in [-0.15, -0.1) is 0 Å². The van der Waals surface area contributed by atoms with E-state index in [1.54, 1.807) is 0 Å². The molecule has 0 spiro atoms. The first kappa shape index (κ1) is 13.7. The summed E-state index contributed by atoms with van der Waals surface area (Å²) in [6, 6.07) is 4.25. The Kier molecular flexibility index (Phi) is 3.95. The van der Waals surface area contributed by atoms with Crippen molar-refractivity contribution >= 4 is 5.91 Å². The number of phenolic OH excluding ortho intramolecular Hbond substituents is 2. The molecule has 19 heavy (non-hydrogen) atoms. The molecule has 5 N–H and O–H groups in total. The van der Waals surface area contributed by atoms with E-state index in [2.05, 4.69) is 5.32 Å². The molecule has 0 atom stereocenters. The van der Waals surface area contributed by atoms with E-state index in [0.717, 1.165) is 32.1 Å². The van der Waals surface area contributed by atoms with Gasteiger partial charge in [0.05, 0.1) is 5.54 Å². The zero-order chi connectivity index (χ0) is 13.9. The minimum atomic E-state index is -0.469. The Bertz CT molecular complexity index is 448. The van der Waals surface area contributed by atoms with Gasteiger partial charge in [-0.1, -0.05) is 25.3 Å². The Balaban J connectivity index is 2.20. The summed E-state index contributed by atoms with van der Waals surface area (Å²) in [7, 11) is 0. The second kappa shape index (κ2) is 5.48. The fourth-order valence-electron chi connectivity index (χ4n) is 2.67. The smallest absolute Gasteiger partial charge is 0.259 e. The lowest BCUT2D eigenvalue weighted by atomic mass is 9.81. The number of nitrogens with one attached hydrogen (secondary N) is 1. The molecular formula is C14H20N2O3. The second-order valence-electron chi connectivity index (χ2n) is 5.17. The highest BCUT2D eigenvalue weighted by Crippen LogP contribution is 2.30. The predicted octanol–water partition coefficient (Wildman–Crippen LogP) is 1.49. The normalized spacial score (nSPS) is 17.9. The molecule has 0 aliphatic heterocycles. The van der Waals surface area contributed by atoms with Crippen LogP contribution < -0.4 is 11.1 Å². The van der Waals surface area contributed by atoms with Crippen LogP contribution in [-0.2, 0) is 0 Å². The number of rotatable bonds is 3. The number of hydrogen-bond donors (Lipinski definition) is 4. The molecule has 104 valence electrons. The number of phenols is 2. The van der Waals surface area contributed by atoms with Crippen LogP contribution in [0.1, 0.15) is 42.5 Å². The first-order valence-corrected chi connectivity index (χ1v) is 6.61. The van der Waals surface area contributed by atoms with Gasteiger partial charge >= 0.3 is 0 Å². The van der Waals surface area contributed by atoms with Gasteiger partial charge in [0.25, 0.3) is 5.91 Å². The summed E-state index contributed by atoms with van der Waals surface area (Å²) in [5, 5.41) is 22.3. The zero-order valence-electron chi connectivity index (χ0n) is 10.9. The van der Waals surface area contributed by atoms with Crippen molar-refractivity contribution in [3.63, 3.8) is 0 Å². The Morgan fingerprint density at radius 1 is 1.21 bits per heavy atom. The van der Waals surface area contributed by atoms with Gasteiger partial charge in [-0.05, 0) is 25.0 Å². The van der Waals surface area contributed by atoms with Crippen LogP contribution in [0.5, 0.6) is 11.5 Å². The Hall–Kier alpha value is -1.75. The summed E-state index contributed by atoms with van der Waals surface area (Å²) < 4.78 is 0. The van der Waals surface area contributed by atoms with Crippen molar-refractivity contribution in [2.45, 2.75) is 37.6 Å². The fraction of sp³-hybridized carbons (Fsp3) is 0.500. The van der Waals surface area contributed by atoms with E-state index < -0.39 is 11.4 Å². The average Bonchev–Trinajstić information content (AvgIpc) is 2.39. The van der Waals surface area contributed by atoms with Gasteiger partial charge in [-0.25, -0.2) is 0 Å². The van der Waals surface area contributed by atoms with Gasteiger partial charge in [0.1, 0.15) is 17.1 Å². The van der Waals surface area contributed by atoms with Gasteiger partial charge in [-0.3, -0.25) is 4.79 Å². The van der Waals surface area contributed by atoms with Crippen LogP contribution in [0.15, 0.2) is 18.2 Å². The minimum absolute atomic E-state index is 0.0825. The topological polar surface area (TPSA) is 95.6 Å². The molecule has 5 heteroatoms. The fourth-order valence-corrected chi connectivity index (χ4v) is 2.67. The molecule has 0 aromatic heterocycles. The summed E-state index contributed by atoms with van der Waals surface area (Å²) in [5.74, 6) is -0.913. The molecule has 1 saturated carbocycles. The molecule has 0 saturated heterocycles. The maximum Gasteiger partial charge on any atom is 0.259 e. The molecule has 1 aliphatic carbocycles. The minimum Gasteiger partial charge on any atom is -0.507 e. The monoisotopic (exact) mass is 264 g/mol. The standard InChI is InChI=1S/C14H20N2O3/c15-9-14(7-2-1-3-8-14)16-13(19)12-10(17)5-4-6-11(12)18/h4-6,17-18H,1-3,7-9,15H2,(H,16,19). The van der Waals surface area contributed by atoms with E-state index in [4.69, 9.17) is 5.73 Å². The van der Waals surface area contributed by atoms with E-state index in [9.17, 15) is 15.0 Å². The molecule has 1 aliphatic rings. The number of carbonyl (C=O) groups is 1. The van der Waals surface area contributed by atoms with E-state index in [1.807, 2.05) is 0 Å². The SMILES string of the molecule is NCC1(NC(=O)c2c(O)cccc2O)CCCCC1. The Morgan fingerprint density at radius 3 is 2.32 bits per heavy atom. The molecule has 1 amide bonds. The quantitative estimate of drug-likeness (QED) is 0.665. The van der Waals surface area contributed by atoms with E-state index in [-0.39, 0.29) is 17.1 Å². The molecule has 1 aromatic carbocycles. The molecule has 1 aromatic rings. The first-order chi connectivity index (χ1) is 9.08. The van der Waals surface area contributed by atoms with E-state index >= 15 is 0 Å². The number of aromatic hydroxyl groups is 2. The number of amides is 1. The van der Waals surface area contributed by atoms with Crippen molar-refractivity contribution in [2.24, 2.45) is 5.73 Å². The number of carbonyl (C=O) groups excluding carboxylic acids is 1. The Morgan fingerprint density at radius 2 is 1.79 bits per heavy atom. The van der Waals surface area contributed by atoms with Crippen molar-refractivity contribution in [3.8, 4) is 11.5 Å². The lowest BCUT2D eigenvalue weighted by Gasteiger charge is -2.37. The van der Waals surface area contributed by atoms with Gasteiger partial charge in [0.15, 0.2) is 0 Å². The lowest BCUT2D eigenvalue weighted by Crippen LogP contribution is -2.54. The van der Waals surface area contributed by atoms with Gasteiger partial charge in [0, 0.05) is 6.54 Å². The highest BCUT2D eigenvalue weighted by Gasteiger charge is 2.33. The maximum atomic E-state index is 12.2. The third kappa shape index (κ3) is 2.81. The van der Waals surface area contributed by atoms with Crippen LogP contribution in [0.25, 0.3) is 0 Å². The summed E-state index contributed by atoms with van der Waals surface area (Å²) in [5.41, 5.74) is 5.31. The number of hydrogen-bond acceptors (Lipinski definition) is 4. The Labute approximate surface area is 112 Å². The van der Waals surface area contributed by atoms with Crippen LogP contribution in [-0.4, -0.2) is 28.2 Å². The van der Waals surface area contributed by atoms with E-state index in [1.165, 1.54) is 18.2 Å². The second-order valence-corrected chi connectivity index (χ2v) is 5.17. The lowest BCUT2D eigenvalue weighted by molar-refractivity contribution is 0.0869.